The van der Waals surface area contributed by atoms with Gasteiger partial charge in [0.05, 0.1) is 12.1 Å². The highest BCUT2D eigenvalue weighted by Crippen LogP contribution is 2.08. The highest BCUT2D eigenvalue weighted by molar-refractivity contribution is 5.81. The van der Waals surface area contributed by atoms with Crippen LogP contribution in [0.25, 0.3) is 0 Å². The second kappa shape index (κ2) is 5.83. The average Bonchev–Trinajstić information content (AvgIpc) is 2.27. The van der Waals surface area contributed by atoms with Gasteiger partial charge in [-0.05, 0) is 20.8 Å². The summed E-state index contributed by atoms with van der Waals surface area (Å²) in [6.45, 7) is 7.93. The number of carbonyl (C=O) groups is 1. The normalized spacial score (nSPS) is 23.8. The molecule has 0 spiro atoms. The second-order valence-corrected chi connectivity index (χ2v) is 4.43. The number of nitrogens with zero attached hydrogens (tertiary/aromatic N) is 2. The predicted octanol–water partition coefficient (Wildman–Crippen LogP) is -0.303. The SMILES string of the molecule is CC(C)NC(=O)C(C)N1CCNCC1C#N. The van der Waals surface area contributed by atoms with Gasteiger partial charge >= 0.3 is 0 Å². The summed E-state index contributed by atoms with van der Waals surface area (Å²) >= 11 is 0. The largest absolute Gasteiger partial charge is 0.353 e. The molecular formula is C11H20N4O. The first kappa shape index (κ1) is 12.9. The minimum Gasteiger partial charge on any atom is -0.353 e. The van der Waals surface area contributed by atoms with Crippen LogP contribution in [-0.4, -0.2) is 48.6 Å². The van der Waals surface area contributed by atoms with Gasteiger partial charge in [0.25, 0.3) is 0 Å². The molecule has 1 heterocycles. The molecule has 0 radical (unpaired) electrons. The number of hydrogen-bond donors (Lipinski definition) is 2. The summed E-state index contributed by atoms with van der Waals surface area (Å²) in [5, 5.41) is 15.0. The standard InChI is InChI=1S/C11H20N4O/c1-8(2)14-11(16)9(3)15-5-4-13-7-10(15)6-12/h8-10,13H,4-5,7H2,1-3H3,(H,14,16). The zero-order chi connectivity index (χ0) is 12.1. The van der Waals surface area contributed by atoms with Gasteiger partial charge < -0.3 is 10.6 Å². The third-order valence-corrected chi connectivity index (χ3v) is 2.74. The van der Waals surface area contributed by atoms with Gasteiger partial charge in [-0.3, -0.25) is 9.69 Å². The minimum absolute atomic E-state index is 0.00264. The Morgan fingerprint density at radius 2 is 2.25 bits per heavy atom. The van der Waals surface area contributed by atoms with Crippen molar-refractivity contribution in [3.8, 4) is 6.07 Å². The van der Waals surface area contributed by atoms with Crippen molar-refractivity contribution in [2.45, 2.75) is 38.9 Å². The van der Waals surface area contributed by atoms with Crippen molar-refractivity contribution in [1.29, 1.82) is 5.26 Å². The average molecular weight is 224 g/mol. The number of amides is 1. The van der Waals surface area contributed by atoms with Crippen LogP contribution < -0.4 is 10.6 Å². The van der Waals surface area contributed by atoms with Crippen molar-refractivity contribution in [2.24, 2.45) is 0 Å². The van der Waals surface area contributed by atoms with E-state index in [1.54, 1.807) is 0 Å². The molecule has 0 aliphatic carbocycles. The number of hydrogen-bond acceptors (Lipinski definition) is 4. The zero-order valence-electron chi connectivity index (χ0n) is 10.2. The van der Waals surface area contributed by atoms with Gasteiger partial charge in [0, 0.05) is 25.7 Å². The van der Waals surface area contributed by atoms with Crippen molar-refractivity contribution in [3.63, 3.8) is 0 Å². The fraction of sp³-hybridized carbons (Fsp3) is 0.818. The molecule has 0 aromatic carbocycles. The summed E-state index contributed by atoms with van der Waals surface area (Å²) in [4.78, 5) is 13.8. The van der Waals surface area contributed by atoms with Gasteiger partial charge in [-0.1, -0.05) is 0 Å². The molecule has 90 valence electrons. The second-order valence-electron chi connectivity index (χ2n) is 4.43. The van der Waals surface area contributed by atoms with E-state index in [2.05, 4.69) is 16.7 Å². The third-order valence-electron chi connectivity index (χ3n) is 2.74. The Labute approximate surface area is 96.8 Å². The van der Waals surface area contributed by atoms with E-state index in [0.29, 0.717) is 6.54 Å². The van der Waals surface area contributed by atoms with Crippen LogP contribution in [0, 0.1) is 11.3 Å². The number of carbonyl (C=O) groups excluding carboxylic acids is 1. The molecule has 5 nitrogen and oxygen atoms in total. The van der Waals surface area contributed by atoms with Gasteiger partial charge in [0.15, 0.2) is 0 Å². The van der Waals surface area contributed by atoms with Crippen LogP contribution in [-0.2, 0) is 4.79 Å². The predicted molar refractivity (Wildman–Crippen MR) is 61.7 cm³/mol. The zero-order valence-corrected chi connectivity index (χ0v) is 10.2. The van der Waals surface area contributed by atoms with Crippen molar-refractivity contribution in [2.75, 3.05) is 19.6 Å². The number of piperazine rings is 1. The molecule has 1 fully saturated rings. The van der Waals surface area contributed by atoms with E-state index in [-0.39, 0.29) is 24.0 Å². The molecule has 1 saturated heterocycles. The van der Waals surface area contributed by atoms with E-state index in [4.69, 9.17) is 5.26 Å². The molecule has 2 N–H and O–H groups in total. The Bertz CT molecular complexity index is 284. The lowest BCUT2D eigenvalue weighted by molar-refractivity contribution is -0.127. The molecule has 0 aromatic rings. The number of rotatable bonds is 3. The van der Waals surface area contributed by atoms with E-state index < -0.39 is 0 Å². The van der Waals surface area contributed by atoms with E-state index in [0.717, 1.165) is 13.1 Å². The summed E-state index contributed by atoms with van der Waals surface area (Å²) in [7, 11) is 0. The summed E-state index contributed by atoms with van der Waals surface area (Å²) < 4.78 is 0. The van der Waals surface area contributed by atoms with Crippen molar-refractivity contribution in [1.82, 2.24) is 15.5 Å². The fourth-order valence-corrected chi connectivity index (χ4v) is 1.86. The summed E-state index contributed by atoms with van der Waals surface area (Å²) in [6.07, 6.45) is 0. The fourth-order valence-electron chi connectivity index (χ4n) is 1.86. The molecule has 0 aromatic heterocycles. The lowest BCUT2D eigenvalue weighted by Gasteiger charge is -2.36. The highest BCUT2D eigenvalue weighted by atomic mass is 16.2. The van der Waals surface area contributed by atoms with Crippen molar-refractivity contribution < 1.29 is 4.79 Å². The van der Waals surface area contributed by atoms with Crippen molar-refractivity contribution >= 4 is 5.91 Å². The lowest BCUT2D eigenvalue weighted by atomic mass is 10.1. The summed E-state index contributed by atoms with van der Waals surface area (Å²) in [6, 6.07) is 1.92. The van der Waals surface area contributed by atoms with Crippen LogP contribution in [0.1, 0.15) is 20.8 Å². The Morgan fingerprint density at radius 1 is 1.56 bits per heavy atom. The maximum atomic E-state index is 11.8. The molecule has 16 heavy (non-hydrogen) atoms. The van der Waals surface area contributed by atoms with Crippen LogP contribution in [0.4, 0.5) is 0 Å². The molecule has 5 heteroatoms. The molecule has 1 amide bonds. The summed E-state index contributed by atoms with van der Waals surface area (Å²) in [5.74, 6) is -0.00264. The maximum absolute atomic E-state index is 11.8. The van der Waals surface area contributed by atoms with E-state index >= 15 is 0 Å². The number of nitrogens with one attached hydrogen (secondary N) is 2. The molecule has 0 bridgehead atoms. The Morgan fingerprint density at radius 3 is 2.81 bits per heavy atom. The van der Waals surface area contributed by atoms with Crippen LogP contribution in [0.2, 0.25) is 0 Å². The molecule has 1 rings (SSSR count). The molecule has 1 aliphatic rings. The van der Waals surface area contributed by atoms with Gasteiger partial charge in [0.2, 0.25) is 5.91 Å². The molecule has 2 unspecified atom stereocenters. The number of nitriles is 1. The van der Waals surface area contributed by atoms with Gasteiger partial charge in [0.1, 0.15) is 6.04 Å². The van der Waals surface area contributed by atoms with Gasteiger partial charge in [-0.2, -0.15) is 5.26 Å². The molecule has 1 aliphatic heterocycles. The van der Waals surface area contributed by atoms with E-state index in [1.807, 2.05) is 25.7 Å². The van der Waals surface area contributed by atoms with Crippen LogP contribution >= 0.6 is 0 Å². The topological polar surface area (TPSA) is 68.2 Å². The summed E-state index contributed by atoms with van der Waals surface area (Å²) in [5.41, 5.74) is 0. The van der Waals surface area contributed by atoms with E-state index in [9.17, 15) is 4.79 Å². The lowest BCUT2D eigenvalue weighted by Crippen LogP contribution is -2.58. The van der Waals surface area contributed by atoms with Crippen molar-refractivity contribution in [3.05, 3.63) is 0 Å². The smallest absolute Gasteiger partial charge is 0.237 e. The quantitative estimate of drug-likeness (QED) is 0.690. The Balaban J connectivity index is 2.60. The first-order valence-electron chi connectivity index (χ1n) is 5.72. The molecular weight excluding hydrogens is 204 g/mol. The van der Waals surface area contributed by atoms with Crippen LogP contribution in [0.15, 0.2) is 0 Å². The first-order chi connectivity index (χ1) is 7.56. The van der Waals surface area contributed by atoms with Crippen LogP contribution in [0.3, 0.4) is 0 Å². The Kier molecular flexibility index (Phi) is 4.71. The third kappa shape index (κ3) is 3.19. The maximum Gasteiger partial charge on any atom is 0.237 e. The van der Waals surface area contributed by atoms with E-state index in [1.165, 1.54) is 0 Å². The molecule has 2 atom stereocenters. The molecule has 0 saturated carbocycles. The monoisotopic (exact) mass is 224 g/mol. The van der Waals surface area contributed by atoms with Crippen LogP contribution in [0.5, 0.6) is 0 Å². The highest BCUT2D eigenvalue weighted by Gasteiger charge is 2.30. The minimum atomic E-state index is -0.242. The van der Waals surface area contributed by atoms with Gasteiger partial charge in [-0.25, -0.2) is 0 Å². The van der Waals surface area contributed by atoms with Gasteiger partial charge in [-0.15, -0.1) is 0 Å². The first-order valence-corrected chi connectivity index (χ1v) is 5.72. The Hall–Kier alpha value is -1.12.